The highest BCUT2D eigenvalue weighted by Gasteiger charge is 2.23. The molecule has 0 saturated carbocycles. The predicted molar refractivity (Wildman–Crippen MR) is 90.8 cm³/mol. The van der Waals surface area contributed by atoms with Gasteiger partial charge in [-0.3, -0.25) is 14.8 Å². The lowest BCUT2D eigenvalue weighted by Gasteiger charge is -2.41. The average molecular weight is 294 g/mol. The molecule has 3 heterocycles. The van der Waals surface area contributed by atoms with Gasteiger partial charge < -0.3 is 4.90 Å². The lowest BCUT2D eigenvalue weighted by atomic mass is 10.1. The van der Waals surface area contributed by atoms with Gasteiger partial charge in [-0.05, 0) is 46.2 Å². The first-order chi connectivity index (χ1) is 10.1. The van der Waals surface area contributed by atoms with Crippen molar-refractivity contribution in [1.82, 2.24) is 14.7 Å². The second-order valence-corrected chi connectivity index (χ2v) is 7.07. The van der Waals surface area contributed by atoms with Crippen molar-refractivity contribution >= 4 is 5.84 Å². The monoisotopic (exact) mass is 294 g/mol. The molecule has 0 aromatic heterocycles. The lowest BCUT2D eigenvalue weighted by molar-refractivity contribution is 0.0266. The molecule has 0 unspecified atom stereocenters. The zero-order valence-corrected chi connectivity index (χ0v) is 14.5. The lowest BCUT2D eigenvalue weighted by Crippen LogP contribution is -2.51. The minimum Gasteiger partial charge on any atom is -0.360 e. The summed E-state index contributed by atoms with van der Waals surface area (Å²) in [5, 5.41) is 0. The third kappa shape index (κ3) is 4.96. The van der Waals surface area contributed by atoms with Crippen LogP contribution in [0.3, 0.4) is 0 Å². The average Bonchev–Trinajstić information content (AvgIpc) is 2.70. The zero-order valence-electron chi connectivity index (χ0n) is 14.5. The standard InChI is InChI=1S/C9H16N2.C8H18N2/c1-2-5-9-10-6-4-8-11(9)7-3-1;1-7-5-9(3)8(2)10(4)6-7/h1-8H2;7-8H,5-6H2,1-4H3. The van der Waals surface area contributed by atoms with E-state index in [0.717, 1.165) is 12.5 Å². The Hall–Kier alpha value is -0.610. The maximum atomic E-state index is 4.55. The number of amidine groups is 1. The Bertz CT molecular complexity index is 330. The van der Waals surface area contributed by atoms with E-state index in [-0.39, 0.29) is 0 Å². The van der Waals surface area contributed by atoms with Crippen molar-refractivity contribution in [2.45, 2.75) is 52.1 Å². The second kappa shape index (κ2) is 8.14. The van der Waals surface area contributed by atoms with Crippen LogP contribution in [0.1, 0.15) is 46.0 Å². The highest BCUT2D eigenvalue weighted by atomic mass is 15.3. The van der Waals surface area contributed by atoms with Gasteiger partial charge in [-0.25, -0.2) is 0 Å². The molecule has 4 nitrogen and oxygen atoms in total. The Kier molecular flexibility index (Phi) is 6.49. The number of rotatable bonds is 0. The Balaban J connectivity index is 0.000000155. The van der Waals surface area contributed by atoms with Crippen LogP contribution >= 0.6 is 0 Å². The van der Waals surface area contributed by atoms with Gasteiger partial charge in [0.05, 0.1) is 12.0 Å². The third-order valence-electron chi connectivity index (χ3n) is 5.05. The van der Waals surface area contributed by atoms with Crippen LogP contribution < -0.4 is 0 Å². The van der Waals surface area contributed by atoms with Gasteiger partial charge in [0.2, 0.25) is 0 Å². The molecule has 0 aliphatic carbocycles. The molecular weight excluding hydrogens is 260 g/mol. The van der Waals surface area contributed by atoms with Crippen LogP contribution in [0.15, 0.2) is 4.99 Å². The highest BCUT2D eigenvalue weighted by Crippen LogP contribution is 2.15. The smallest absolute Gasteiger partial charge is 0.0988 e. The molecule has 21 heavy (non-hydrogen) atoms. The maximum absolute atomic E-state index is 4.55. The molecule has 4 heteroatoms. The molecule has 2 saturated heterocycles. The van der Waals surface area contributed by atoms with Crippen molar-refractivity contribution in [3.05, 3.63) is 0 Å². The fraction of sp³-hybridized carbons (Fsp3) is 0.941. The molecule has 3 rings (SSSR count). The van der Waals surface area contributed by atoms with Crippen LogP contribution in [0.25, 0.3) is 0 Å². The summed E-state index contributed by atoms with van der Waals surface area (Å²) in [6, 6.07) is 0. The van der Waals surface area contributed by atoms with E-state index >= 15 is 0 Å². The molecule has 0 atom stereocenters. The van der Waals surface area contributed by atoms with E-state index in [9.17, 15) is 0 Å². The normalized spacial score (nSPS) is 31.6. The van der Waals surface area contributed by atoms with E-state index in [1.807, 2.05) is 0 Å². The Labute approximate surface area is 131 Å². The quantitative estimate of drug-likeness (QED) is 0.685. The van der Waals surface area contributed by atoms with Crippen LogP contribution in [0.2, 0.25) is 0 Å². The fourth-order valence-electron chi connectivity index (χ4n) is 3.62. The summed E-state index contributed by atoms with van der Waals surface area (Å²) in [5.41, 5.74) is 0. The van der Waals surface area contributed by atoms with Gasteiger partial charge in [0.25, 0.3) is 0 Å². The minimum absolute atomic E-state index is 0.621. The summed E-state index contributed by atoms with van der Waals surface area (Å²) in [6.07, 6.45) is 7.25. The van der Waals surface area contributed by atoms with E-state index < -0.39 is 0 Å². The van der Waals surface area contributed by atoms with Crippen LogP contribution in [0, 0.1) is 5.92 Å². The van der Waals surface area contributed by atoms with Crippen LogP contribution in [-0.2, 0) is 0 Å². The number of hydrogen-bond donors (Lipinski definition) is 0. The van der Waals surface area contributed by atoms with Crippen LogP contribution in [0.5, 0.6) is 0 Å². The summed E-state index contributed by atoms with van der Waals surface area (Å²) in [7, 11) is 4.38. The Morgan fingerprint density at radius 1 is 0.905 bits per heavy atom. The van der Waals surface area contributed by atoms with Crippen molar-refractivity contribution in [2.75, 3.05) is 46.8 Å². The van der Waals surface area contributed by atoms with Crippen LogP contribution in [-0.4, -0.2) is 73.5 Å². The number of aliphatic imine (C=N–C) groups is 1. The van der Waals surface area contributed by atoms with Gasteiger partial charge in [0, 0.05) is 39.1 Å². The van der Waals surface area contributed by atoms with Gasteiger partial charge in [-0.15, -0.1) is 0 Å². The van der Waals surface area contributed by atoms with Gasteiger partial charge in [-0.2, -0.15) is 0 Å². The second-order valence-electron chi connectivity index (χ2n) is 7.07. The fourth-order valence-corrected chi connectivity index (χ4v) is 3.62. The minimum atomic E-state index is 0.621. The zero-order chi connectivity index (χ0) is 15.2. The summed E-state index contributed by atoms with van der Waals surface area (Å²) in [6.45, 7) is 10.6. The first-order valence-electron chi connectivity index (χ1n) is 8.76. The number of nitrogens with zero attached hydrogens (tertiary/aromatic N) is 4. The molecule has 0 bridgehead atoms. The van der Waals surface area contributed by atoms with Crippen molar-refractivity contribution in [2.24, 2.45) is 10.9 Å². The number of fused-ring (bicyclic) bond motifs is 1. The van der Waals surface area contributed by atoms with Gasteiger partial charge in [0.1, 0.15) is 0 Å². The molecule has 122 valence electrons. The Morgan fingerprint density at radius 2 is 1.57 bits per heavy atom. The van der Waals surface area contributed by atoms with Crippen molar-refractivity contribution in [1.29, 1.82) is 0 Å². The largest absolute Gasteiger partial charge is 0.360 e. The summed E-state index contributed by atoms with van der Waals surface area (Å²) in [4.78, 5) is 11.8. The van der Waals surface area contributed by atoms with Crippen molar-refractivity contribution in [3.63, 3.8) is 0 Å². The molecule has 0 spiro atoms. The van der Waals surface area contributed by atoms with Gasteiger partial charge in [-0.1, -0.05) is 13.3 Å². The van der Waals surface area contributed by atoms with Crippen LogP contribution in [0.4, 0.5) is 0 Å². The Morgan fingerprint density at radius 3 is 2.29 bits per heavy atom. The van der Waals surface area contributed by atoms with E-state index in [1.54, 1.807) is 0 Å². The molecule has 0 N–H and O–H groups in total. The molecule has 0 aromatic rings. The molecule has 0 radical (unpaired) electrons. The molecule has 0 aromatic carbocycles. The summed E-state index contributed by atoms with van der Waals surface area (Å²) in [5.74, 6) is 2.22. The topological polar surface area (TPSA) is 22.1 Å². The summed E-state index contributed by atoms with van der Waals surface area (Å²) >= 11 is 0. The third-order valence-corrected chi connectivity index (χ3v) is 5.05. The van der Waals surface area contributed by atoms with E-state index in [2.05, 4.69) is 47.6 Å². The first-order valence-corrected chi connectivity index (χ1v) is 8.76. The van der Waals surface area contributed by atoms with Crippen molar-refractivity contribution < 1.29 is 0 Å². The van der Waals surface area contributed by atoms with E-state index in [1.165, 1.54) is 64.1 Å². The van der Waals surface area contributed by atoms with E-state index in [4.69, 9.17) is 0 Å². The highest BCUT2D eigenvalue weighted by molar-refractivity contribution is 5.83. The molecule has 3 aliphatic rings. The molecule has 3 aliphatic heterocycles. The SMILES string of the molecule is C1CCC2=NCCCN2CC1.CC1CN(C)C(C)N(C)C1. The molecule has 2 fully saturated rings. The molecular formula is C17H34N4. The first kappa shape index (κ1) is 16.8. The van der Waals surface area contributed by atoms with Gasteiger partial charge in [0.15, 0.2) is 0 Å². The maximum Gasteiger partial charge on any atom is 0.0988 e. The van der Waals surface area contributed by atoms with Crippen molar-refractivity contribution in [3.8, 4) is 0 Å². The van der Waals surface area contributed by atoms with Gasteiger partial charge >= 0.3 is 0 Å². The molecule has 0 amide bonds. The van der Waals surface area contributed by atoms with E-state index in [0.29, 0.717) is 6.17 Å². The number of hydrogen-bond acceptors (Lipinski definition) is 4. The summed E-state index contributed by atoms with van der Waals surface area (Å²) < 4.78 is 0. The predicted octanol–water partition coefficient (Wildman–Crippen LogP) is 2.51.